The van der Waals surface area contributed by atoms with E-state index < -0.39 is 0 Å². The third-order valence-corrected chi connectivity index (χ3v) is 4.23. The number of rotatable bonds is 5. The van der Waals surface area contributed by atoms with E-state index in [-0.39, 0.29) is 11.3 Å². The molecule has 0 radical (unpaired) electrons. The quantitative estimate of drug-likeness (QED) is 0.714. The highest BCUT2D eigenvalue weighted by molar-refractivity contribution is 6.35. The molecule has 0 aliphatic heterocycles. The Bertz CT molecular complexity index is 945. The first kappa shape index (κ1) is 16.9. The molecule has 0 fully saturated rings. The van der Waals surface area contributed by atoms with Crippen LogP contribution in [0.25, 0.3) is 0 Å². The summed E-state index contributed by atoms with van der Waals surface area (Å²) < 4.78 is 5.10. The van der Waals surface area contributed by atoms with Gasteiger partial charge >= 0.3 is 0 Å². The molecule has 3 aromatic rings. The number of benzene rings is 2. The van der Waals surface area contributed by atoms with Crippen molar-refractivity contribution in [3.8, 4) is 5.75 Å². The minimum absolute atomic E-state index is 0.163. The van der Waals surface area contributed by atoms with Crippen molar-refractivity contribution in [2.75, 3.05) is 7.11 Å². The van der Waals surface area contributed by atoms with Gasteiger partial charge in [-0.2, -0.15) is 5.10 Å². The highest BCUT2D eigenvalue weighted by Crippen LogP contribution is 2.26. The van der Waals surface area contributed by atoms with E-state index in [2.05, 4.69) is 10.2 Å². The van der Waals surface area contributed by atoms with Crippen LogP contribution in [0.2, 0.25) is 5.02 Å². The van der Waals surface area contributed by atoms with Gasteiger partial charge in [0.15, 0.2) is 5.78 Å². The molecule has 6 heteroatoms. The van der Waals surface area contributed by atoms with Crippen molar-refractivity contribution in [2.24, 2.45) is 0 Å². The Labute approximate surface area is 149 Å². The zero-order chi connectivity index (χ0) is 17.8. The maximum atomic E-state index is 12.7. The monoisotopic (exact) mass is 354 g/mol. The van der Waals surface area contributed by atoms with E-state index in [9.17, 15) is 9.59 Å². The first-order valence-corrected chi connectivity index (χ1v) is 7.97. The molecule has 0 unspecified atom stereocenters. The normalized spacial score (nSPS) is 10.5. The van der Waals surface area contributed by atoms with Crippen LogP contribution in [0.1, 0.15) is 27.2 Å². The van der Waals surface area contributed by atoms with Gasteiger partial charge < -0.3 is 4.74 Å². The van der Waals surface area contributed by atoms with Gasteiger partial charge in [0.2, 0.25) is 0 Å². The van der Waals surface area contributed by atoms with Gasteiger partial charge in [0.25, 0.3) is 5.56 Å². The number of H-pyrrole nitrogens is 1. The number of halogens is 1. The van der Waals surface area contributed by atoms with Gasteiger partial charge in [-0.3, -0.25) is 9.59 Å². The van der Waals surface area contributed by atoms with Crippen molar-refractivity contribution in [3.05, 3.63) is 92.4 Å². The number of carbonyl (C=O) groups is 1. The topological polar surface area (TPSA) is 72.1 Å². The fraction of sp³-hybridized carbons (Fsp3) is 0.105. The third kappa shape index (κ3) is 3.78. The number of carbonyl (C=O) groups excluding carboxylic acids is 1. The molecule has 25 heavy (non-hydrogen) atoms. The molecule has 2 aromatic carbocycles. The van der Waals surface area contributed by atoms with E-state index in [4.69, 9.17) is 16.3 Å². The second-order valence-electron chi connectivity index (χ2n) is 5.43. The van der Waals surface area contributed by atoms with Gasteiger partial charge in [-0.1, -0.05) is 23.7 Å². The van der Waals surface area contributed by atoms with E-state index in [0.29, 0.717) is 34.0 Å². The highest BCUT2D eigenvalue weighted by Gasteiger charge is 2.16. The number of nitrogens with one attached hydrogen (secondary N) is 1. The largest absolute Gasteiger partial charge is 0.497 e. The molecule has 0 saturated carbocycles. The Morgan fingerprint density at radius 3 is 2.52 bits per heavy atom. The van der Waals surface area contributed by atoms with Crippen LogP contribution in [-0.2, 0) is 6.42 Å². The zero-order valence-corrected chi connectivity index (χ0v) is 14.2. The number of hydrogen-bond acceptors (Lipinski definition) is 4. The maximum absolute atomic E-state index is 12.7. The fourth-order valence-corrected chi connectivity index (χ4v) is 2.74. The van der Waals surface area contributed by atoms with Crippen molar-refractivity contribution >= 4 is 17.4 Å². The van der Waals surface area contributed by atoms with Gasteiger partial charge in [-0.15, -0.1) is 0 Å². The molecule has 0 saturated heterocycles. The van der Waals surface area contributed by atoms with Gasteiger partial charge in [-0.05, 0) is 42.0 Å². The Balaban J connectivity index is 1.90. The molecule has 0 amide bonds. The SMILES string of the molecule is COc1ccc(C(=O)c2cccc(Cc3ccc(=O)[nH]n3)c2Cl)cc1. The van der Waals surface area contributed by atoms with Crippen LogP contribution in [0, 0.1) is 0 Å². The van der Waals surface area contributed by atoms with Crippen molar-refractivity contribution < 1.29 is 9.53 Å². The minimum Gasteiger partial charge on any atom is -0.497 e. The summed E-state index contributed by atoms with van der Waals surface area (Å²) in [6, 6.07) is 15.2. The van der Waals surface area contributed by atoms with E-state index in [1.54, 1.807) is 49.6 Å². The van der Waals surface area contributed by atoms with Crippen LogP contribution in [0.5, 0.6) is 5.75 Å². The smallest absolute Gasteiger partial charge is 0.264 e. The minimum atomic E-state index is -0.265. The summed E-state index contributed by atoms with van der Waals surface area (Å²) in [6.07, 6.45) is 0.416. The third-order valence-electron chi connectivity index (χ3n) is 3.78. The summed E-state index contributed by atoms with van der Waals surface area (Å²) in [5.74, 6) is 0.518. The molecule has 1 aromatic heterocycles. The average molecular weight is 355 g/mol. The molecule has 0 aliphatic carbocycles. The molecule has 3 rings (SSSR count). The van der Waals surface area contributed by atoms with Gasteiger partial charge in [0.1, 0.15) is 5.75 Å². The molecular weight excluding hydrogens is 340 g/mol. The Morgan fingerprint density at radius 2 is 1.88 bits per heavy atom. The van der Waals surface area contributed by atoms with Crippen molar-refractivity contribution in [2.45, 2.75) is 6.42 Å². The lowest BCUT2D eigenvalue weighted by Crippen LogP contribution is -2.08. The molecule has 126 valence electrons. The molecule has 0 atom stereocenters. The summed E-state index contributed by atoms with van der Waals surface area (Å²) >= 11 is 6.45. The summed E-state index contributed by atoms with van der Waals surface area (Å²) in [7, 11) is 1.57. The lowest BCUT2D eigenvalue weighted by Gasteiger charge is -2.09. The second-order valence-corrected chi connectivity index (χ2v) is 5.80. The predicted molar refractivity (Wildman–Crippen MR) is 95.5 cm³/mol. The number of hydrogen-bond donors (Lipinski definition) is 1. The van der Waals surface area contributed by atoms with Gasteiger partial charge in [0, 0.05) is 23.6 Å². The molecule has 1 N–H and O–H groups in total. The first-order chi connectivity index (χ1) is 12.1. The van der Waals surface area contributed by atoms with Crippen molar-refractivity contribution in [1.29, 1.82) is 0 Å². The summed E-state index contributed by atoms with van der Waals surface area (Å²) in [4.78, 5) is 23.8. The Morgan fingerprint density at radius 1 is 1.12 bits per heavy atom. The van der Waals surface area contributed by atoms with E-state index in [1.807, 2.05) is 6.07 Å². The molecule has 0 spiro atoms. The molecule has 0 aliphatic rings. The number of ketones is 1. The Hall–Kier alpha value is -2.92. The predicted octanol–water partition coefficient (Wildman–Crippen LogP) is 3.25. The zero-order valence-electron chi connectivity index (χ0n) is 13.5. The number of methoxy groups -OCH3 is 1. The van der Waals surface area contributed by atoms with Crippen LogP contribution in [0.3, 0.4) is 0 Å². The van der Waals surface area contributed by atoms with Crippen LogP contribution in [-0.4, -0.2) is 23.1 Å². The average Bonchev–Trinajstić information content (AvgIpc) is 2.65. The lowest BCUT2D eigenvalue weighted by atomic mass is 9.99. The summed E-state index contributed by atoms with van der Waals surface area (Å²) in [5, 5.41) is 6.74. The highest BCUT2D eigenvalue weighted by atomic mass is 35.5. The number of aromatic nitrogens is 2. The standard InChI is InChI=1S/C19H15ClN2O3/c1-25-15-8-5-12(6-9-15)19(24)16-4-2-3-13(18(16)20)11-14-7-10-17(23)22-21-14/h2-10H,11H2,1H3,(H,22,23). The first-order valence-electron chi connectivity index (χ1n) is 7.59. The number of nitrogens with zero attached hydrogens (tertiary/aromatic N) is 1. The fourth-order valence-electron chi connectivity index (χ4n) is 2.46. The number of ether oxygens (including phenoxy) is 1. The molecule has 5 nitrogen and oxygen atoms in total. The van der Waals surface area contributed by atoms with Gasteiger partial charge in [-0.25, -0.2) is 5.10 Å². The van der Waals surface area contributed by atoms with Crippen LogP contribution in [0.4, 0.5) is 0 Å². The number of aromatic amines is 1. The van der Waals surface area contributed by atoms with Gasteiger partial charge in [0.05, 0.1) is 17.8 Å². The molecular formula is C19H15ClN2O3. The maximum Gasteiger partial charge on any atom is 0.264 e. The summed E-state index contributed by atoms with van der Waals surface area (Å²) in [6.45, 7) is 0. The van der Waals surface area contributed by atoms with Crippen LogP contribution >= 0.6 is 11.6 Å². The lowest BCUT2D eigenvalue weighted by molar-refractivity contribution is 0.103. The molecule has 1 heterocycles. The van der Waals surface area contributed by atoms with Crippen LogP contribution in [0.15, 0.2) is 59.4 Å². The molecule has 0 bridgehead atoms. The van der Waals surface area contributed by atoms with E-state index in [0.717, 1.165) is 5.56 Å². The van der Waals surface area contributed by atoms with E-state index >= 15 is 0 Å². The van der Waals surface area contributed by atoms with Crippen LogP contribution < -0.4 is 10.3 Å². The summed E-state index contributed by atoms with van der Waals surface area (Å²) in [5.41, 5.74) is 2.12. The second kappa shape index (κ2) is 7.32. The van der Waals surface area contributed by atoms with Crippen molar-refractivity contribution in [1.82, 2.24) is 10.2 Å². The van der Waals surface area contributed by atoms with E-state index in [1.165, 1.54) is 6.07 Å². The van der Waals surface area contributed by atoms with Crippen molar-refractivity contribution in [3.63, 3.8) is 0 Å². The Kier molecular flexibility index (Phi) is 4.95.